The van der Waals surface area contributed by atoms with Crippen LogP contribution >= 0.6 is 0 Å². The summed E-state index contributed by atoms with van der Waals surface area (Å²) in [6, 6.07) is 7.56. The van der Waals surface area contributed by atoms with E-state index >= 15 is 0 Å². The Labute approximate surface area is 210 Å². The van der Waals surface area contributed by atoms with Crippen molar-refractivity contribution in [2.24, 2.45) is 0 Å². The lowest BCUT2D eigenvalue weighted by Gasteiger charge is -2.06. The van der Waals surface area contributed by atoms with Crippen LogP contribution in [0.2, 0.25) is 0 Å². The summed E-state index contributed by atoms with van der Waals surface area (Å²) in [5.74, 6) is -0.0785. The third kappa shape index (κ3) is 19.7. The lowest BCUT2D eigenvalue weighted by Crippen LogP contribution is -1.97. The van der Waals surface area contributed by atoms with Crippen molar-refractivity contribution in [1.82, 2.24) is 0 Å². The van der Waals surface area contributed by atoms with Crippen LogP contribution in [-0.4, -0.2) is 17.7 Å². The van der Waals surface area contributed by atoms with E-state index in [1.54, 1.807) is 6.08 Å². The topological polar surface area (TPSA) is 46.5 Å². The van der Waals surface area contributed by atoms with Crippen LogP contribution in [0.3, 0.4) is 0 Å². The van der Waals surface area contributed by atoms with Gasteiger partial charge in [0, 0.05) is 6.08 Å². The first kappa shape index (κ1) is 30.3. The summed E-state index contributed by atoms with van der Waals surface area (Å²) >= 11 is 0. The Morgan fingerprint density at radius 1 is 0.647 bits per heavy atom. The van der Waals surface area contributed by atoms with Crippen LogP contribution in [0.5, 0.6) is 5.75 Å². The number of hydrogen-bond donors (Lipinski definition) is 1. The predicted octanol–water partition coefficient (Wildman–Crippen LogP) is 9.99. The third-order valence-corrected chi connectivity index (χ3v) is 6.57. The Hall–Kier alpha value is -1.77. The molecule has 0 aliphatic heterocycles. The van der Waals surface area contributed by atoms with Gasteiger partial charge < -0.3 is 9.84 Å². The van der Waals surface area contributed by atoms with Crippen molar-refractivity contribution < 1.29 is 14.6 Å². The lowest BCUT2D eigenvalue weighted by molar-refractivity contribution is -0.131. The maximum Gasteiger partial charge on any atom is 0.328 e. The number of ether oxygens (including phenoxy) is 1. The molecule has 34 heavy (non-hydrogen) atoms. The minimum absolute atomic E-state index is 0.753. The van der Waals surface area contributed by atoms with Crippen molar-refractivity contribution in [2.45, 2.75) is 135 Å². The van der Waals surface area contributed by atoms with Crippen LogP contribution in [-0.2, 0) is 4.79 Å². The molecule has 0 heterocycles. The molecule has 0 unspecified atom stereocenters. The Morgan fingerprint density at radius 2 is 1.03 bits per heavy atom. The highest BCUT2D eigenvalue weighted by Crippen LogP contribution is 2.16. The molecule has 1 rings (SSSR count). The van der Waals surface area contributed by atoms with E-state index < -0.39 is 5.97 Å². The van der Waals surface area contributed by atoms with E-state index in [1.165, 1.54) is 122 Å². The van der Waals surface area contributed by atoms with Gasteiger partial charge in [-0.2, -0.15) is 0 Å². The number of aliphatic carboxylic acids is 1. The molecule has 1 aromatic rings. The van der Waals surface area contributed by atoms with Gasteiger partial charge in [-0.05, 0) is 30.2 Å². The molecule has 0 aliphatic carbocycles. The molecule has 1 N–H and O–H groups in total. The molecule has 0 amide bonds. The maximum atomic E-state index is 10.5. The number of rotatable bonds is 24. The van der Waals surface area contributed by atoms with Crippen molar-refractivity contribution in [1.29, 1.82) is 0 Å². The molecule has 0 spiro atoms. The summed E-state index contributed by atoms with van der Waals surface area (Å²) in [4.78, 5) is 10.5. The van der Waals surface area contributed by atoms with Gasteiger partial charge in [0.15, 0.2) is 0 Å². The smallest absolute Gasteiger partial charge is 0.328 e. The minimum atomic E-state index is -0.931. The molecule has 0 aliphatic rings. The molecule has 194 valence electrons. The zero-order valence-corrected chi connectivity index (χ0v) is 22.1. The summed E-state index contributed by atoms with van der Waals surface area (Å²) in [5.41, 5.74) is 0.869. The fourth-order valence-corrected chi connectivity index (χ4v) is 4.39. The minimum Gasteiger partial charge on any atom is -0.494 e. The van der Waals surface area contributed by atoms with Crippen molar-refractivity contribution in [3.05, 3.63) is 35.9 Å². The number of benzene rings is 1. The predicted molar refractivity (Wildman–Crippen MR) is 147 cm³/mol. The molecular formula is C31H52O3. The number of unbranched alkanes of at least 4 members (excludes halogenated alkanes) is 19. The standard InChI is InChI=1S/C31H52O3/c1-2-3-4-5-6-7-8-9-10-11-12-13-14-15-16-17-18-19-20-21-28-34-30-25-22-29(23-26-30)24-27-31(32)33/h22-27H,2-21,28H2,1H3,(H,32,33)/b27-24+. The number of carboxylic acid groups (broad SMARTS) is 1. The van der Waals surface area contributed by atoms with Crippen molar-refractivity contribution in [2.75, 3.05) is 6.61 Å². The summed E-state index contributed by atoms with van der Waals surface area (Å²) in [6.07, 6.45) is 30.6. The van der Waals surface area contributed by atoms with Gasteiger partial charge in [-0.15, -0.1) is 0 Å². The second-order valence-corrected chi connectivity index (χ2v) is 9.81. The molecule has 3 heteroatoms. The van der Waals surface area contributed by atoms with Crippen LogP contribution in [0, 0.1) is 0 Å². The normalized spacial score (nSPS) is 11.3. The quantitative estimate of drug-likeness (QED) is 0.120. The molecule has 0 saturated heterocycles. The van der Waals surface area contributed by atoms with Crippen molar-refractivity contribution in [3.63, 3.8) is 0 Å². The van der Waals surface area contributed by atoms with Gasteiger partial charge in [-0.1, -0.05) is 141 Å². The highest BCUT2D eigenvalue weighted by Gasteiger charge is 1.97. The van der Waals surface area contributed by atoms with Gasteiger partial charge >= 0.3 is 5.97 Å². The highest BCUT2D eigenvalue weighted by molar-refractivity contribution is 5.85. The van der Waals surface area contributed by atoms with Crippen LogP contribution in [0.1, 0.15) is 141 Å². The molecule has 0 aromatic heterocycles. The molecule has 0 atom stereocenters. The van der Waals surface area contributed by atoms with E-state index in [0.717, 1.165) is 30.4 Å². The van der Waals surface area contributed by atoms with E-state index in [1.807, 2.05) is 24.3 Å². The van der Waals surface area contributed by atoms with Crippen LogP contribution < -0.4 is 4.74 Å². The Kier molecular flexibility index (Phi) is 20.5. The van der Waals surface area contributed by atoms with Gasteiger partial charge in [0.05, 0.1) is 6.61 Å². The molecule has 0 saturated carbocycles. The fraction of sp³-hybridized carbons (Fsp3) is 0.710. The average Bonchev–Trinajstić information content (AvgIpc) is 2.84. The summed E-state index contributed by atoms with van der Waals surface area (Å²) in [6.45, 7) is 3.04. The Balaban J connectivity index is 1.78. The largest absolute Gasteiger partial charge is 0.494 e. The van der Waals surface area contributed by atoms with Crippen molar-refractivity contribution in [3.8, 4) is 5.75 Å². The maximum absolute atomic E-state index is 10.5. The molecule has 0 bridgehead atoms. The van der Waals surface area contributed by atoms with Crippen LogP contribution in [0.25, 0.3) is 6.08 Å². The van der Waals surface area contributed by atoms with E-state index in [4.69, 9.17) is 9.84 Å². The fourth-order valence-electron chi connectivity index (χ4n) is 4.39. The van der Waals surface area contributed by atoms with Gasteiger partial charge in [-0.3, -0.25) is 0 Å². The molecule has 0 fully saturated rings. The summed E-state index contributed by atoms with van der Waals surface area (Å²) in [7, 11) is 0. The SMILES string of the molecule is CCCCCCCCCCCCCCCCCCCCCCOc1ccc(/C=C/C(=O)O)cc1. The van der Waals surface area contributed by atoms with Crippen LogP contribution in [0.15, 0.2) is 30.3 Å². The first-order chi connectivity index (χ1) is 16.7. The molecule has 3 nitrogen and oxygen atoms in total. The summed E-state index contributed by atoms with van der Waals surface area (Å²) < 4.78 is 5.78. The zero-order chi connectivity index (χ0) is 24.5. The zero-order valence-electron chi connectivity index (χ0n) is 22.1. The van der Waals surface area contributed by atoms with E-state index in [0.29, 0.717) is 0 Å². The first-order valence-corrected chi connectivity index (χ1v) is 14.4. The second-order valence-electron chi connectivity index (χ2n) is 9.81. The van der Waals surface area contributed by atoms with Gasteiger partial charge in [0.1, 0.15) is 5.75 Å². The summed E-state index contributed by atoms with van der Waals surface area (Å²) in [5, 5.41) is 8.65. The Bertz CT molecular complexity index is 606. The van der Waals surface area contributed by atoms with Gasteiger partial charge in [-0.25, -0.2) is 4.79 Å². The van der Waals surface area contributed by atoms with E-state index in [2.05, 4.69) is 6.92 Å². The Morgan fingerprint density at radius 3 is 1.41 bits per heavy atom. The van der Waals surface area contributed by atoms with E-state index in [9.17, 15) is 4.79 Å². The highest BCUT2D eigenvalue weighted by atomic mass is 16.5. The lowest BCUT2D eigenvalue weighted by atomic mass is 10.0. The number of carboxylic acids is 1. The monoisotopic (exact) mass is 472 g/mol. The second kappa shape index (κ2) is 23.0. The molecular weight excluding hydrogens is 420 g/mol. The van der Waals surface area contributed by atoms with Crippen LogP contribution in [0.4, 0.5) is 0 Å². The van der Waals surface area contributed by atoms with E-state index in [-0.39, 0.29) is 0 Å². The van der Waals surface area contributed by atoms with Gasteiger partial charge in [0.25, 0.3) is 0 Å². The van der Waals surface area contributed by atoms with Gasteiger partial charge in [0.2, 0.25) is 0 Å². The molecule has 1 aromatic carbocycles. The molecule has 0 radical (unpaired) electrons. The van der Waals surface area contributed by atoms with Crippen molar-refractivity contribution >= 4 is 12.0 Å². The third-order valence-electron chi connectivity index (χ3n) is 6.57. The number of carbonyl (C=O) groups is 1. The first-order valence-electron chi connectivity index (χ1n) is 14.4. The average molecular weight is 473 g/mol. The number of hydrogen-bond acceptors (Lipinski definition) is 2.